The van der Waals surface area contributed by atoms with E-state index >= 15 is 0 Å². The molecule has 1 atom stereocenters. The molecule has 8 nitrogen and oxygen atoms in total. The van der Waals surface area contributed by atoms with E-state index in [0.29, 0.717) is 18.0 Å². The Kier molecular flexibility index (Phi) is 9.89. The van der Waals surface area contributed by atoms with E-state index < -0.39 is 6.04 Å². The Morgan fingerprint density at radius 2 is 1.85 bits per heavy atom. The normalized spacial score (nSPS) is 18.8. The van der Waals surface area contributed by atoms with Crippen molar-refractivity contribution in [2.45, 2.75) is 57.0 Å². The zero-order valence-corrected chi connectivity index (χ0v) is 21.0. The fraction of sp³-hybridized carbons (Fsp3) is 0.654. The van der Waals surface area contributed by atoms with Gasteiger partial charge in [0.25, 0.3) is 0 Å². The summed E-state index contributed by atoms with van der Waals surface area (Å²) in [6.07, 6.45) is 7.95. The highest BCUT2D eigenvalue weighted by molar-refractivity contribution is 5.95. The number of rotatable bonds is 11. The summed E-state index contributed by atoms with van der Waals surface area (Å²) in [5, 5.41) is 6.08. The first-order valence-corrected chi connectivity index (χ1v) is 12.6. The average molecular weight is 472 g/mol. The number of hydrogen-bond donors (Lipinski definition) is 2. The summed E-state index contributed by atoms with van der Waals surface area (Å²) in [5.41, 5.74) is 2.84. The van der Waals surface area contributed by atoms with Crippen LogP contribution in [0.25, 0.3) is 0 Å². The molecule has 1 aromatic rings. The number of benzene rings is 1. The van der Waals surface area contributed by atoms with E-state index in [0.717, 1.165) is 37.5 Å². The number of anilines is 2. The van der Waals surface area contributed by atoms with Crippen molar-refractivity contribution >= 4 is 30.0 Å². The summed E-state index contributed by atoms with van der Waals surface area (Å²) in [5.74, 6) is 0.385. The van der Waals surface area contributed by atoms with Gasteiger partial charge in [0.05, 0.1) is 11.4 Å². The molecule has 0 aliphatic carbocycles. The fourth-order valence-electron chi connectivity index (χ4n) is 5.39. The topological polar surface area (TPSA) is 85.0 Å². The van der Waals surface area contributed by atoms with Crippen LogP contribution in [0.4, 0.5) is 11.4 Å². The second-order valence-electron chi connectivity index (χ2n) is 9.77. The highest BCUT2D eigenvalue weighted by Gasteiger charge is 2.29. The lowest BCUT2D eigenvalue weighted by atomic mass is 9.88. The Hall–Kier alpha value is -2.45. The molecule has 2 N–H and O–H groups in total. The van der Waals surface area contributed by atoms with E-state index in [-0.39, 0.29) is 18.7 Å². The lowest BCUT2D eigenvalue weighted by Crippen LogP contribution is -2.46. The first-order chi connectivity index (χ1) is 16.5. The molecule has 34 heavy (non-hydrogen) atoms. The maximum Gasteiger partial charge on any atom is 0.242 e. The van der Waals surface area contributed by atoms with Crippen LogP contribution in [-0.4, -0.2) is 82.9 Å². The van der Waals surface area contributed by atoms with Gasteiger partial charge in [0, 0.05) is 33.6 Å². The van der Waals surface area contributed by atoms with E-state index in [1.54, 1.807) is 7.05 Å². The van der Waals surface area contributed by atoms with Crippen LogP contribution in [0.5, 0.6) is 0 Å². The van der Waals surface area contributed by atoms with Crippen molar-refractivity contribution in [2.24, 2.45) is 5.92 Å². The lowest BCUT2D eigenvalue weighted by molar-refractivity contribution is -0.123. The third-order valence-electron chi connectivity index (χ3n) is 7.35. The Morgan fingerprint density at radius 3 is 2.44 bits per heavy atom. The molecule has 0 saturated carbocycles. The summed E-state index contributed by atoms with van der Waals surface area (Å²) in [6, 6.07) is 6.19. The molecule has 1 aromatic carbocycles. The molecule has 0 radical (unpaired) electrons. The molecule has 2 saturated heterocycles. The molecule has 2 aliphatic rings. The third kappa shape index (κ3) is 6.57. The molecular formula is C26H41N5O3. The van der Waals surface area contributed by atoms with Crippen molar-refractivity contribution in [1.29, 1.82) is 0 Å². The van der Waals surface area contributed by atoms with E-state index in [1.165, 1.54) is 49.2 Å². The quantitative estimate of drug-likeness (QED) is 0.479. The van der Waals surface area contributed by atoms with Crippen molar-refractivity contribution in [1.82, 2.24) is 15.5 Å². The smallest absolute Gasteiger partial charge is 0.242 e. The Bertz CT molecular complexity index is 817. The van der Waals surface area contributed by atoms with Crippen LogP contribution in [0.1, 0.15) is 44.1 Å². The number of likely N-dealkylation sites (N-methyl/N-ethyl adjacent to an activating group) is 1. The second kappa shape index (κ2) is 12.9. The summed E-state index contributed by atoms with van der Waals surface area (Å²) in [4.78, 5) is 41.7. The van der Waals surface area contributed by atoms with Gasteiger partial charge in [0.1, 0.15) is 12.3 Å². The largest absolute Gasteiger partial charge is 0.376 e. The highest BCUT2D eigenvalue weighted by Crippen LogP contribution is 2.33. The van der Waals surface area contributed by atoms with Gasteiger partial charge >= 0.3 is 0 Å². The number of amides is 2. The van der Waals surface area contributed by atoms with Crippen LogP contribution in [0.3, 0.4) is 0 Å². The predicted molar refractivity (Wildman–Crippen MR) is 136 cm³/mol. The molecule has 8 heteroatoms. The Labute approximate surface area is 204 Å². The number of nitrogens with zero attached hydrogens (tertiary/aromatic N) is 3. The number of likely N-dealkylation sites (tertiary alicyclic amines) is 1. The number of piperidine rings is 2. The molecule has 2 amide bonds. The van der Waals surface area contributed by atoms with E-state index in [2.05, 4.69) is 27.7 Å². The van der Waals surface area contributed by atoms with Gasteiger partial charge in [-0.1, -0.05) is 6.07 Å². The van der Waals surface area contributed by atoms with Crippen LogP contribution in [0.15, 0.2) is 18.2 Å². The summed E-state index contributed by atoms with van der Waals surface area (Å²) in [6.45, 7) is 4.63. The minimum absolute atomic E-state index is 0.216. The number of hydrogen-bond acceptors (Lipinski definition) is 6. The Balaban J connectivity index is 1.71. The first-order valence-electron chi connectivity index (χ1n) is 12.6. The van der Waals surface area contributed by atoms with Crippen LogP contribution in [-0.2, 0) is 20.8 Å². The maximum absolute atomic E-state index is 12.5. The minimum Gasteiger partial charge on any atom is -0.376 e. The number of carbonyl (C=O) groups excluding carboxylic acids is 3. The zero-order valence-electron chi connectivity index (χ0n) is 21.0. The molecule has 1 unspecified atom stereocenters. The molecular weight excluding hydrogens is 430 g/mol. The van der Waals surface area contributed by atoms with Gasteiger partial charge in [-0.3, -0.25) is 9.59 Å². The zero-order chi connectivity index (χ0) is 24.5. The van der Waals surface area contributed by atoms with Crippen molar-refractivity contribution < 1.29 is 14.4 Å². The van der Waals surface area contributed by atoms with Gasteiger partial charge < -0.3 is 30.1 Å². The SMILES string of the molecule is CNC(=O)C(CCC=O)N(C=O)c1ccc(CC2CCN(C3CCNCC3)CC2)cc1N(C)C. The molecule has 0 bridgehead atoms. The number of carbonyl (C=O) groups is 3. The van der Waals surface area contributed by atoms with E-state index in [4.69, 9.17) is 0 Å². The van der Waals surface area contributed by atoms with Gasteiger partial charge in [0.2, 0.25) is 12.3 Å². The predicted octanol–water partition coefficient (Wildman–Crippen LogP) is 1.82. The fourth-order valence-corrected chi connectivity index (χ4v) is 5.39. The second-order valence-corrected chi connectivity index (χ2v) is 9.77. The van der Waals surface area contributed by atoms with Crippen molar-refractivity contribution in [3.63, 3.8) is 0 Å². The van der Waals surface area contributed by atoms with Crippen LogP contribution in [0.2, 0.25) is 0 Å². The minimum atomic E-state index is -0.725. The van der Waals surface area contributed by atoms with Crippen molar-refractivity contribution in [2.75, 3.05) is 57.1 Å². The molecule has 0 aromatic heterocycles. The number of aldehydes is 1. The van der Waals surface area contributed by atoms with Crippen molar-refractivity contribution in [3.05, 3.63) is 23.8 Å². The molecule has 188 valence electrons. The number of nitrogens with one attached hydrogen (secondary N) is 2. The van der Waals surface area contributed by atoms with Crippen LogP contribution >= 0.6 is 0 Å². The molecule has 0 spiro atoms. The summed E-state index contributed by atoms with van der Waals surface area (Å²) >= 11 is 0. The van der Waals surface area contributed by atoms with Gasteiger partial charge in [0.15, 0.2) is 0 Å². The lowest BCUT2D eigenvalue weighted by Gasteiger charge is -2.39. The maximum atomic E-state index is 12.5. The van der Waals surface area contributed by atoms with Gasteiger partial charge in [-0.25, -0.2) is 0 Å². The molecule has 2 heterocycles. The van der Waals surface area contributed by atoms with Crippen LogP contribution < -0.4 is 20.4 Å². The van der Waals surface area contributed by atoms with E-state index in [1.807, 2.05) is 25.1 Å². The molecule has 2 fully saturated rings. The summed E-state index contributed by atoms with van der Waals surface area (Å²) in [7, 11) is 5.44. The van der Waals surface area contributed by atoms with Crippen LogP contribution in [0, 0.1) is 5.92 Å². The average Bonchev–Trinajstić information content (AvgIpc) is 2.87. The third-order valence-corrected chi connectivity index (χ3v) is 7.35. The Morgan fingerprint density at radius 1 is 1.15 bits per heavy atom. The van der Waals surface area contributed by atoms with Gasteiger partial charge in [-0.2, -0.15) is 0 Å². The van der Waals surface area contributed by atoms with Crippen molar-refractivity contribution in [3.8, 4) is 0 Å². The molecule has 2 aliphatic heterocycles. The van der Waals surface area contributed by atoms with Gasteiger partial charge in [-0.15, -0.1) is 0 Å². The monoisotopic (exact) mass is 471 g/mol. The standard InChI is InChI=1S/C26H41N5O3/c1-27-26(34)24(5-4-16-32)31(19-33)23-7-6-21(18-25(23)29(2)3)17-20-10-14-30(15-11-20)22-8-12-28-13-9-22/h6-7,16,18-20,22,24,28H,4-5,8-15,17H2,1-3H3,(H,27,34). The highest BCUT2D eigenvalue weighted by atomic mass is 16.2. The van der Waals surface area contributed by atoms with E-state index in [9.17, 15) is 14.4 Å². The van der Waals surface area contributed by atoms with Gasteiger partial charge in [-0.05, 0) is 88.3 Å². The molecule has 3 rings (SSSR count). The first kappa shape index (κ1) is 26.2. The summed E-state index contributed by atoms with van der Waals surface area (Å²) < 4.78 is 0.